The number of anilines is 1. The number of nitrogens with one attached hydrogen (secondary N) is 1. The zero-order valence-corrected chi connectivity index (χ0v) is 13.6. The molecule has 0 spiro atoms. The van der Waals surface area contributed by atoms with Gasteiger partial charge in [0.1, 0.15) is 0 Å². The maximum absolute atomic E-state index is 12.4. The van der Waals surface area contributed by atoms with E-state index in [0.29, 0.717) is 27.9 Å². The van der Waals surface area contributed by atoms with Crippen molar-refractivity contribution >= 4 is 23.5 Å². The first-order valence-electron chi connectivity index (χ1n) is 7.15. The van der Waals surface area contributed by atoms with Crippen molar-refractivity contribution in [3.05, 3.63) is 64.7 Å². The van der Waals surface area contributed by atoms with E-state index in [9.17, 15) is 14.4 Å². The van der Waals surface area contributed by atoms with Crippen molar-refractivity contribution in [2.24, 2.45) is 0 Å². The predicted octanol–water partition coefficient (Wildman–Crippen LogP) is 2.82. The lowest BCUT2D eigenvalue weighted by atomic mass is 10.1. The number of hydrogen-bond acceptors (Lipinski definition) is 5. The van der Waals surface area contributed by atoms with Gasteiger partial charge in [0.2, 0.25) is 0 Å². The van der Waals surface area contributed by atoms with Gasteiger partial charge in [-0.25, -0.2) is 9.59 Å². The molecule has 0 aromatic heterocycles. The maximum Gasteiger partial charge on any atom is 0.340 e. The minimum absolute atomic E-state index is 0.305. The summed E-state index contributed by atoms with van der Waals surface area (Å²) >= 11 is 0. The average Bonchev–Trinajstić information content (AvgIpc) is 2.60. The maximum atomic E-state index is 12.4. The molecule has 0 unspecified atom stereocenters. The minimum Gasteiger partial charge on any atom is -0.465 e. The third-order valence-corrected chi connectivity index (χ3v) is 3.48. The number of methoxy groups -OCH3 is 2. The number of rotatable bonds is 4. The lowest BCUT2D eigenvalue weighted by Gasteiger charge is -2.12. The van der Waals surface area contributed by atoms with E-state index in [1.165, 1.54) is 38.5 Å². The van der Waals surface area contributed by atoms with Crippen LogP contribution in [0.4, 0.5) is 5.69 Å². The van der Waals surface area contributed by atoms with Gasteiger partial charge in [-0.15, -0.1) is 0 Å². The summed E-state index contributed by atoms with van der Waals surface area (Å²) in [4.78, 5) is 35.7. The highest BCUT2D eigenvalue weighted by atomic mass is 16.5. The highest BCUT2D eigenvalue weighted by Gasteiger charge is 2.17. The van der Waals surface area contributed by atoms with Crippen molar-refractivity contribution in [3.63, 3.8) is 0 Å². The molecule has 2 aromatic carbocycles. The summed E-state index contributed by atoms with van der Waals surface area (Å²) < 4.78 is 9.37. The van der Waals surface area contributed by atoms with Gasteiger partial charge in [-0.1, -0.05) is 12.1 Å². The molecule has 0 aliphatic rings. The molecule has 0 atom stereocenters. The molecule has 0 aliphatic heterocycles. The molecule has 1 amide bonds. The standard InChI is InChI=1S/C18H17NO5/c1-11-5-4-6-14(15(11)18(22)24-3)19-16(20)12-7-9-13(10-8-12)17(21)23-2/h4-10H,1-3H3,(H,19,20). The van der Waals surface area contributed by atoms with Gasteiger partial charge in [-0.2, -0.15) is 0 Å². The Balaban J connectivity index is 2.26. The predicted molar refractivity (Wildman–Crippen MR) is 88.3 cm³/mol. The van der Waals surface area contributed by atoms with E-state index in [4.69, 9.17) is 4.74 Å². The van der Waals surface area contributed by atoms with Crippen molar-refractivity contribution in [2.75, 3.05) is 19.5 Å². The first-order chi connectivity index (χ1) is 11.5. The third-order valence-electron chi connectivity index (χ3n) is 3.48. The second kappa shape index (κ2) is 7.41. The molecule has 6 nitrogen and oxygen atoms in total. The minimum atomic E-state index is -0.524. The van der Waals surface area contributed by atoms with Crippen molar-refractivity contribution in [3.8, 4) is 0 Å². The van der Waals surface area contributed by atoms with Gasteiger partial charge in [-0.05, 0) is 42.8 Å². The number of ether oxygens (including phenoxy) is 2. The number of carbonyl (C=O) groups excluding carboxylic acids is 3. The van der Waals surface area contributed by atoms with Gasteiger partial charge >= 0.3 is 11.9 Å². The summed E-state index contributed by atoms with van der Waals surface area (Å²) in [5.41, 5.74) is 2.06. The second-order valence-corrected chi connectivity index (χ2v) is 5.01. The molecule has 2 rings (SSSR count). The zero-order chi connectivity index (χ0) is 17.7. The molecule has 1 N–H and O–H groups in total. The summed E-state index contributed by atoms with van der Waals surface area (Å²) in [6.45, 7) is 1.76. The van der Waals surface area contributed by atoms with Crippen LogP contribution in [0.3, 0.4) is 0 Å². The summed E-state index contributed by atoms with van der Waals surface area (Å²) in [5.74, 6) is -1.40. The summed E-state index contributed by atoms with van der Waals surface area (Å²) in [7, 11) is 2.57. The highest BCUT2D eigenvalue weighted by molar-refractivity contribution is 6.08. The topological polar surface area (TPSA) is 81.7 Å². The molecule has 0 heterocycles. The highest BCUT2D eigenvalue weighted by Crippen LogP contribution is 2.21. The largest absolute Gasteiger partial charge is 0.465 e. The summed E-state index contributed by atoms with van der Waals surface area (Å²) in [6.07, 6.45) is 0. The van der Waals surface area contributed by atoms with E-state index < -0.39 is 17.8 Å². The molecule has 0 aliphatic carbocycles. The first kappa shape index (κ1) is 17.2. The van der Waals surface area contributed by atoms with Crippen LogP contribution in [0.1, 0.15) is 36.6 Å². The van der Waals surface area contributed by atoms with Crippen molar-refractivity contribution in [1.29, 1.82) is 0 Å². The molecule has 0 saturated carbocycles. The van der Waals surface area contributed by atoms with Crippen LogP contribution in [0.15, 0.2) is 42.5 Å². The Morgan fingerprint density at radius 1 is 0.833 bits per heavy atom. The van der Waals surface area contributed by atoms with Crippen LogP contribution in [-0.4, -0.2) is 32.1 Å². The second-order valence-electron chi connectivity index (χ2n) is 5.01. The Bertz CT molecular complexity index is 780. The van der Waals surface area contributed by atoms with E-state index in [1.54, 1.807) is 25.1 Å². The van der Waals surface area contributed by atoms with Crippen LogP contribution in [0.5, 0.6) is 0 Å². The Hall–Kier alpha value is -3.15. The fourth-order valence-corrected chi connectivity index (χ4v) is 2.21. The molecule has 6 heteroatoms. The van der Waals surface area contributed by atoms with E-state index in [0.717, 1.165) is 0 Å². The Kier molecular flexibility index (Phi) is 5.31. The lowest BCUT2D eigenvalue weighted by molar-refractivity contribution is 0.0591. The van der Waals surface area contributed by atoms with E-state index in [1.807, 2.05) is 0 Å². The van der Waals surface area contributed by atoms with Gasteiger partial charge < -0.3 is 14.8 Å². The number of esters is 2. The molecule has 0 saturated heterocycles. The SMILES string of the molecule is COC(=O)c1ccc(C(=O)Nc2cccc(C)c2C(=O)OC)cc1. The molecule has 0 bridgehead atoms. The zero-order valence-electron chi connectivity index (χ0n) is 13.6. The number of carbonyl (C=O) groups is 3. The Labute approximate surface area is 139 Å². The fraction of sp³-hybridized carbons (Fsp3) is 0.167. The van der Waals surface area contributed by atoms with Crippen LogP contribution < -0.4 is 5.32 Å². The number of hydrogen-bond donors (Lipinski definition) is 1. The van der Waals surface area contributed by atoms with Gasteiger partial charge in [-0.3, -0.25) is 4.79 Å². The monoisotopic (exact) mass is 327 g/mol. The van der Waals surface area contributed by atoms with Crippen molar-refractivity contribution in [2.45, 2.75) is 6.92 Å². The summed E-state index contributed by atoms with van der Waals surface area (Å²) in [5, 5.41) is 2.69. The van der Waals surface area contributed by atoms with Crippen molar-refractivity contribution in [1.82, 2.24) is 0 Å². The van der Waals surface area contributed by atoms with Crippen molar-refractivity contribution < 1.29 is 23.9 Å². The smallest absolute Gasteiger partial charge is 0.340 e. The van der Waals surface area contributed by atoms with Gasteiger partial charge in [0.15, 0.2) is 0 Å². The normalized spacial score (nSPS) is 9.96. The first-order valence-corrected chi connectivity index (χ1v) is 7.15. The van der Waals surface area contributed by atoms with E-state index >= 15 is 0 Å². The number of aryl methyl sites for hydroxylation is 1. The molecular weight excluding hydrogens is 310 g/mol. The van der Waals surface area contributed by atoms with Crippen LogP contribution in [0.2, 0.25) is 0 Å². The van der Waals surface area contributed by atoms with Crippen LogP contribution in [0, 0.1) is 6.92 Å². The summed E-state index contributed by atoms with van der Waals surface area (Å²) in [6, 6.07) is 11.1. The van der Waals surface area contributed by atoms with Gasteiger partial charge in [0.05, 0.1) is 31.0 Å². The number of benzene rings is 2. The van der Waals surface area contributed by atoms with E-state index in [-0.39, 0.29) is 0 Å². The Morgan fingerprint density at radius 3 is 2.00 bits per heavy atom. The lowest BCUT2D eigenvalue weighted by Crippen LogP contribution is -2.16. The van der Waals surface area contributed by atoms with E-state index in [2.05, 4.69) is 10.1 Å². The van der Waals surface area contributed by atoms with Crippen LogP contribution in [-0.2, 0) is 9.47 Å². The van der Waals surface area contributed by atoms with Crippen LogP contribution >= 0.6 is 0 Å². The molecule has 124 valence electrons. The molecule has 0 fully saturated rings. The Morgan fingerprint density at radius 2 is 1.42 bits per heavy atom. The third kappa shape index (κ3) is 3.60. The average molecular weight is 327 g/mol. The van der Waals surface area contributed by atoms with Gasteiger partial charge in [0.25, 0.3) is 5.91 Å². The number of amides is 1. The van der Waals surface area contributed by atoms with Crippen LogP contribution in [0.25, 0.3) is 0 Å². The van der Waals surface area contributed by atoms with Gasteiger partial charge in [0, 0.05) is 5.56 Å². The molecule has 2 aromatic rings. The molecular formula is C18H17NO5. The molecule has 0 radical (unpaired) electrons. The fourth-order valence-electron chi connectivity index (χ4n) is 2.21. The molecule has 24 heavy (non-hydrogen) atoms. The quantitative estimate of drug-likeness (QED) is 0.873.